The number of halogens is 3. The Morgan fingerprint density at radius 1 is 1.34 bits per heavy atom. The SMILES string of the molecule is O=C(Nc1nc2cccnc2s1)[C@H](CC1CCOCC1)n1cnc(C(F)(F)F)c1. The van der Waals surface area contributed by atoms with Crippen LogP contribution in [0.25, 0.3) is 10.3 Å². The number of alkyl halides is 3. The molecule has 3 aromatic heterocycles. The van der Waals surface area contributed by atoms with Gasteiger partial charge >= 0.3 is 6.18 Å². The first-order valence-corrected chi connectivity index (χ1v) is 9.92. The molecule has 0 bridgehead atoms. The number of thiazole rings is 1. The second-order valence-corrected chi connectivity index (χ2v) is 7.82. The third kappa shape index (κ3) is 4.56. The number of rotatable bonds is 5. The summed E-state index contributed by atoms with van der Waals surface area (Å²) in [7, 11) is 0. The van der Waals surface area contributed by atoms with Crippen LogP contribution in [0.15, 0.2) is 30.9 Å². The maximum atomic E-state index is 13.0. The minimum Gasteiger partial charge on any atom is -0.381 e. The number of hydrogen-bond donors (Lipinski definition) is 1. The van der Waals surface area contributed by atoms with Gasteiger partial charge in [-0.3, -0.25) is 4.79 Å². The average molecular weight is 425 g/mol. The third-order valence-electron chi connectivity index (χ3n) is 4.85. The van der Waals surface area contributed by atoms with Gasteiger partial charge in [-0.15, -0.1) is 0 Å². The maximum Gasteiger partial charge on any atom is 0.434 e. The van der Waals surface area contributed by atoms with Crippen LogP contribution in [-0.2, 0) is 15.7 Å². The molecule has 154 valence electrons. The monoisotopic (exact) mass is 425 g/mol. The summed E-state index contributed by atoms with van der Waals surface area (Å²) in [4.78, 5) is 25.6. The number of pyridine rings is 1. The van der Waals surface area contributed by atoms with Gasteiger partial charge in [-0.05, 0) is 37.3 Å². The van der Waals surface area contributed by atoms with Crippen molar-refractivity contribution in [1.82, 2.24) is 19.5 Å². The molecular formula is C18H18F3N5O2S. The van der Waals surface area contributed by atoms with E-state index in [4.69, 9.17) is 4.74 Å². The molecule has 0 spiro atoms. The molecule has 0 unspecified atom stereocenters. The van der Waals surface area contributed by atoms with Crippen molar-refractivity contribution in [2.24, 2.45) is 5.92 Å². The van der Waals surface area contributed by atoms with E-state index in [-0.39, 0.29) is 5.92 Å². The summed E-state index contributed by atoms with van der Waals surface area (Å²) in [5.74, 6) is -0.255. The number of hydrogen-bond acceptors (Lipinski definition) is 6. The number of fused-ring (bicyclic) bond motifs is 1. The fourth-order valence-electron chi connectivity index (χ4n) is 3.33. The van der Waals surface area contributed by atoms with E-state index in [0.717, 1.165) is 25.4 Å². The van der Waals surface area contributed by atoms with Crippen LogP contribution in [0.5, 0.6) is 0 Å². The van der Waals surface area contributed by atoms with Crippen LogP contribution in [0.4, 0.5) is 18.3 Å². The number of carbonyl (C=O) groups is 1. The maximum absolute atomic E-state index is 13.0. The summed E-state index contributed by atoms with van der Waals surface area (Å²) in [6.07, 6.45) is 0.918. The molecule has 1 aliphatic rings. The van der Waals surface area contributed by atoms with E-state index in [2.05, 4.69) is 20.3 Å². The lowest BCUT2D eigenvalue weighted by molar-refractivity contribution is -0.141. The third-order valence-corrected chi connectivity index (χ3v) is 5.74. The summed E-state index contributed by atoms with van der Waals surface area (Å²) in [5.41, 5.74) is -0.373. The molecule has 3 aromatic rings. The van der Waals surface area contributed by atoms with Crippen molar-refractivity contribution in [1.29, 1.82) is 0 Å². The number of anilines is 1. The molecule has 4 rings (SSSR count). The quantitative estimate of drug-likeness (QED) is 0.671. The van der Waals surface area contributed by atoms with Crippen molar-refractivity contribution in [2.75, 3.05) is 18.5 Å². The molecule has 11 heteroatoms. The summed E-state index contributed by atoms with van der Waals surface area (Å²) in [5, 5.41) is 3.09. The van der Waals surface area contributed by atoms with Crippen LogP contribution < -0.4 is 5.32 Å². The number of nitrogens with one attached hydrogen (secondary N) is 1. The van der Waals surface area contributed by atoms with E-state index in [1.165, 1.54) is 15.9 Å². The lowest BCUT2D eigenvalue weighted by Gasteiger charge is -2.26. The van der Waals surface area contributed by atoms with E-state index in [0.29, 0.717) is 35.1 Å². The molecule has 7 nitrogen and oxygen atoms in total. The fourth-order valence-corrected chi connectivity index (χ4v) is 4.14. The Labute approximate surface area is 167 Å². The number of imidazole rings is 1. The van der Waals surface area contributed by atoms with Gasteiger partial charge in [0.05, 0.1) is 6.33 Å². The molecule has 0 aliphatic carbocycles. The van der Waals surface area contributed by atoms with Crippen molar-refractivity contribution in [3.8, 4) is 0 Å². The van der Waals surface area contributed by atoms with Crippen molar-refractivity contribution in [3.63, 3.8) is 0 Å². The zero-order chi connectivity index (χ0) is 20.4. The topological polar surface area (TPSA) is 81.9 Å². The van der Waals surface area contributed by atoms with E-state index >= 15 is 0 Å². The van der Waals surface area contributed by atoms with Crippen molar-refractivity contribution in [2.45, 2.75) is 31.5 Å². The van der Waals surface area contributed by atoms with Gasteiger partial charge in [0.25, 0.3) is 0 Å². The standard InChI is InChI=1S/C18H18F3N5O2S/c19-18(20,21)14-9-26(10-23-14)13(8-11-3-6-28-7-4-11)15(27)25-17-24-12-2-1-5-22-16(12)29-17/h1-2,5,9-11,13H,3-4,6-8H2,(H,24,25,27)/t13-/m0/s1. The summed E-state index contributed by atoms with van der Waals surface area (Å²) in [6.45, 7) is 1.17. The Balaban J connectivity index is 1.57. The molecular weight excluding hydrogens is 407 g/mol. The molecule has 1 fully saturated rings. The Hall–Kier alpha value is -2.53. The predicted molar refractivity (Wildman–Crippen MR) is 100 cm³/mol. The Bertz CT molecular complexity index is 964. The summed E-state index contributed by atoms with van der Waals surface area (Å²) < 4.78 is 45.5. The van der Waals surface area contributed by atoms with Gasteiger partial charge in [0.1, 0.15) is 16.4 Å². The van der Waals surface area contributed by atoms with Gasteiger partial charge < -0.3 is 14.6 Å². The molecule has 1 atom stereocenters. The van der Waals surface area contributed by atoms with Crippen LogP contribution in [-0.4, -0.2) is 38.6 Å². The van der Waals surface area contributed by atoms with Crippen LogP contribution in [0, 0.1) is 5.92 Å². The van der Waals surface area contributed by atoms with E-state index < -0.39 is 23.8 Å². The lowest BCUT2D eigenvalue weighted by atomic mass is 9.92. The van der Waals surface area contributed by atoms with E-state index in [1.807, 2.05) is 0 Å². The average Bonchev–Trinajstić information content (AvgIpc) is 3.33. The Morgan fingerprint density at radius 3 is 2.83 bits per heavy atom. The van der Waals surface area contributed by atoms with Crippen molar-refractivity contribution in [3.05, 3.63) is 36.5 Å². The smallest absolute Gasteiger partial charge is 0.381 e. The molecule has 0 aromatic carbocycles. The van der Waals surface area contributed by atoms with Gasteiger partial charge in [0, 0.05) is 25.6 Å². The van der Waals surface area contributed by atoms with Gasteiger partial charge in [0.2, 0.25) is 5.91 Å². The Kier molecular flexibility index (Phi) is 5.50. The molecule has 29 heavy (non-hydrogen) atoms. The number of carbonyl (C=O) groups excluding carboxylic acids is 1. The van der Waals surface area contributed by atoms with Gasteiger partial charge in [-0.1, -0.05) is 11.3 Å². The van der Waals surface area contributed by atoms with Crippen LogP contribution in [0.1, 0.15) is 31.0 Å². The normalized spacial score (nSPS) is 16.8. The lowest BCUT2D eigenvalue weighted by Crippen LogP contribution is -2.29. The minimum atomic E-state index is -4.57. The zero-order valence-electron chi connectivity index (χ0n) is 15.2. The second kappa shape index (κ2) is 8.07. The highest BCUT2D eigenvalue weighted by Crippen LogP contribution is 2.32. The van der Waals surface area contributed by atoms with Crippen LogP contribution >= 0.6 is 11.3 Å². The summed E-state index contributed by atoms with van der Waals surface area (Å²) >= 11 is 1.21. The van der Waals surface area contributed by atoms with Gasteiger partial charge in [0.15, 0.2) is 10.8 Å². The van der Waals surface area contributed by atoms with Gasteiger partial charge in [-0.2, -0.15) is 13.2 Å². The Morgan fingerprint density at radius 2 is 2.14 bits per heavy atom. The van der Waals surface area contributed by atoms with Crippen LogP contribution in [0.2, 0.25) is 0 Å². The number of ether oxygens (including phenoxy) is 1. The van der Waals surface area contributed by atoms with E-state index in [9.17, 15) is 18.0 Å². The highest BCUT2D eigenvalue weighted by Gasteiger charge is 2.35. The molecule has 0 radical (unpaired) electrons. The fraction of sp³-hybridized carbons (Fsp3) is 0.444. The largest absolute Gasteiger partial charge is 0.434 e. The minimum absolute atomic E-state index is 0.174. The van der Waals surface area contributed by atoms with Gasteiger partial charge in [-0.25, -0.2) is 15.0 Å². The first-order chi connectivity index (χ1) is 13.9. The summed E-state index contributed by atoms with van der Waals surface area (Å²) in [6, 6.07) is 2.69. The molecule has 0 saturated carbocycles. The van der Waals surface area contributed by atoms with Crippen molar-refractivity contribution < 1.29 is 22.7 Å². The predicted octanol–water partition coefficient (Wildman–Crippen LogP) is 3.90. The molecule has 4 heterocycles. The van der Waals surface area contributed by atoms with Crippen LogP contribution in [0.3, 0.4) is 0 Å². The number of aromatic nitrogens is 4. The van der Waals surface area contributed by atoms with Crippen molar-refractivity contribution >= 4 is 32.7 Å². The first-order valence-electron chi connectivity index (χ1n) is 9.11. The molecule has 1 aliphatic heterocycles. The number of amides is 1. The molecule has 1 saturated heterocycles. The van der Waals surface area contributed by atoms with E-state index in [1.54, 1.807) is 18.3 Å². The first kappa shape index (κ1) is 19.8. The zero-order valence-corrected chi connectivity index (χ0v) is 16.0. The highest BCUT2D eigenvalue weighted by molar-refractivity contribution is 7.21. The second-order valence-electron chi connectivity index (χ2n) is 6.85. The highest BCUT2D eigenvalue weighted by atomic mass is 32.1. The molecule has 1 amide bonds. The molecule has 1 N–H and O–H groups in total. The number of nitrogens with zero attached hydrogens (tertiary/aromatic N) is 4.